The molecule has 2 aliphatic rings. The van der Waals surface area contributed by atoms with Crippen molar-refractivity contribution in [1.82, 2.24) is 5.32 Å². The molecule has 1 saturated heterocycles. The Balaban J connectivity index is 2.06. The molecule has 1 N–H and O–H groups in total. The standard InChI is InChI=1S/C15H25NO/c1-11(2)7-13-5-6-14(12(3)8-13)15(4)9-17-10-16-15/h5-6,8,11-12,14,16H,7,9-10H2,1-4H3. The van der Waals surface area contributed by atoms with Gasteiger partial charge in [0.25, 0.3) is 0 Å². The largest absolute Gasteiger partial charge is 0.364 e. The van der Waals surface area contributed by atoms with Gasteiger partial charge in [-0.15, -0.1) is 0 Å². The minimum Gasteiger partial charge on any atom is -0.364 e. The lowest BCUT2D eigenvalue weighted by Gasteiger charge is -2.36. The van der Waals surface area contributed by atoms with Gasteiger partial charge >= 0.3 is 0 Å². The van der Waals surface area contributed by atoms with Crippen LogP contribution in [-0.2, 0) is 4.74 Å². The van der Waals surface area contributed by atoms with E-state index in [2.05, 4.69) is 51.2 Å². The van der Waals surface area contributed by atoms with E-state index in [0.717, 1.165) is 12.5 Å². The number of ether oxygens (including phenoxy) is 1. The van der Waals surface area contributed by atoms with E-state index in [4.69, 9.17) is 4.74 Å². The third-order valence-corrected chi connectivity index (χ3v) is 3.92. The lowest BCUT2D eigenvalue weighted by atomic mass is 9.74. The van der Waals surface area contributed by atoms with E-state index in [-0.39, 0.29) is 5.54 Å². The minimum absolute atomic E-state index is 0.107. The molecule has 17 heavy (non-hydrogen) atoms. The van der Waals surface area contributed by atoms with Crippen LogP contribution in [0.25, 0.3) is 0 Å². The van der Waals surface area contributed by atoms with E-state index in [0.29, 0.717) is 18.6 Å². The van der Waals surface area contributed by atoms with Gasteiger partial charge in [-0.2, -0.15) is 0 Å². The first-order valence-corrected chi connectivity index (χ1v) is 6.73. The number of hydrogen-bond acceptors (Lipinski definition) is 2. The summed E-state index contributed by atoms with van der Waals surface area (Å²) in [4.78, 5) is 0. The predicted octanol–water partition coefficient (Wildman–Crippen LogP) is 3.12. The zero-order chi connectivity index (χ0) is 12.5. The van der Waals surface area contributed by atoms with Crippen LogP contribution in [0.3, 0.4) is 0 Å². The zero-order valence-electron chi connectivity index (χ0n) is 11.5. The highest BCUT2D eigenvalue weighted by Gasteiger charge is 2.39. The predicted molar refractivity (Wildman–Crippen MR) is 71.7 cm³/mol. The molecule has 0 aromatic carbocycles. The van der Waals surface area contributed by atoms with Gasteiger partial charge in [0, 0.05) is 11.5 Å². The van der Waals surface area contributed by atoms with Crippen LogP contribution in [-0.4, -0.2) is 18.9 Å². The van der Waals surface area contributed by atoms with Gasteiger partial charge in [0.2, 0.25) is 0 Å². The number of rotatable bonds is 3. The van der Waals surface area contributed by atoms with Gasteiger partial charge in [-0.3, -0.25) is 5.32 Å². The molecule has 0 radical (unpaired) electrons. The Morgan fingerprint density at radius 3 is 2.82 bits per heavy atom. The van der Waals surface area contributed by atoms with Crippen LogP contribution >= 0.6 is 0 Å². The fourth-order valence-electron chi connectivity index (χ4n) is 3.04. The van der Waals surface area contributed by atoms with Crippen LogP contribution in [0, 0.1) is 17.8 Å². The van der Waals surface area contributed by atoms with Crippen molar-refractivity contribution in [3.05, 3.63) is 23.8 Å². The van der Waals surface area contributed by atoms with Crippen molar-refractivity contribution in [1.29, 1.82) is 0 Å². The maximum absolute atomic E-state index is 5.49. The van der Waals surface area contributed by atoms with Gasteiger partial charge in [0.15, 0.2) is 0 Å². The first-order valence-electron chi connectivity index (χ1n) is 6.73. The smallest absolute Gasteiger partial charge is 0.0971 e. The van der Waals surface area contributed by atoms with E-state index < -0.39 is 0 Å². The second kappa shape index (κ2) is 4.95. The Hall–Kier alpha value is -0.600. The Morgan fingerprint density at radius 2 is 2.29 bits per heavy atom. The molecule has 0 saturated carbocycles. The lowest BCUT2D eigenvalue weighted by Crippen LogP contribution is -2.48. The van der Waals surface area contributed by atoms with Crippen molar-refractivity contribution in [2.45, 2.75) is 39.7 Å². The summed E-state index contributed by atoms with van der Waals surface area (Å²) in [5.74, 6) is 1.87. The summed E-state index contributed by atoms with van der Waals surface area (Å²) in [5, 5.41) is 3.49. The summed E-state index contributed by atoms with van der Waals surface area (Å²) in [5.41, 5.74) is 1.60. The monoisotopic (exact) mass is 235 g/mol. The summed E-state index contributed by atoms with van der Waals surface area (Å²) in [7, 11) is 0. The lowest BCUT2D eigenvalue weighted by molar-refractivity contribution is 0.162. The van der Waals surface area contributed by atoms with Gasteiger partial charge in [-0.05, 0) is 25.2 Å². The molecule has 1 aliphatic carbocycles. The average Bonchev–Trinajstić information content (AvgIpc) is 2.65. The molecule has 0 spiro atoms. The molecule has 96 valence electrons. The van der Waals surface area contributed by atoms with E-state index in [1.54, 1.807) is 0 Å². The molecular weight excluding hydrogens is 210 g/mol. The highest BCUT2D eigenvalue weighted by Crippen LogP contribution is 2.34. The summed E-state index contributed by atoms with van der Waals surface area (Å²) < 4.78 is 5.49. The fraction of sp³-hybridized carbons (Fsp3) is 0.733. The van der Waals surface area contributed by atoms with Gasteiger partial charge in [0.05, 0.1) is 13.3 Å². The molecule has 0 aromatic rings. The molecule has 1 heterocycles. The van der Waals surface area contributed by atoms with Crippen LogP contribution in [0.4, 0.5) is 0 Å². The average molecular weight is 235 g/mol. The Morgan fingerprint density at radius 1 is 1.53 bits per heavy atom. The maximum atomic E-state index is 5.49. The Labute approximate surface area is 105 Å². The summed E-state index contributed by atoms with van der Waals surface area (Å²) in [6, 6.07) is 0. The summed E-state index contributed by atoms with van der Waals surface area (Å²) in [6.07, 6.45) is 8.32. The Bertz CT molecular complexity index is 324. The van der Waals surface area contributed by atoms with Crippen LogP contribution < -0.4 is 5.32 Å². The molecule has 1 aliphatic heterocycles. The van der Waals surface area contributed by atoms with E-state index >= 15 is 0 Å². The van der Waals surface area contributed by atoms with Crippen molar-refractivity contribution < 1.29 is 4.74 Å². The molecular formula is C15H25NO. The first kappa shape index (κ1) is 12.8. The van der Waals surface area contributed by atoms with Crippen LogP contribution in [0.2, 0.25) is 0 Å². The molecule has 0 amide bonds. The summed E-state index contributed by atoms with van der Waals surface area (Å²) in [6.45, 7) is 10.7. The van der Waals surface area contributed by atoms with E-state index in [1.165, 1.54) is 12.0 Å². The third kappa shape index (κ3) is 2.80. The maximum Gasteiger partial charge on any atom is 0.0971 e. The van der Waals surface area contributed by atoms with Gasteiger partial charge in [-0.25, -0.2) is 0 Å². The number of hydrogen-bond donors (Lipinski definition) is 1. The van der Waals surface area contributed by atoms with Crippen molar-refractivity contribution in [2.75, 3.05) is 13.3 Å². The van der Waals surface area contributed by atoms with Gasteiger partial charge in [0.1, 0.15) is 0 Å². The highest BCUT2D eigenvalue weighted by molar-refractivity contribution is 5.28. The van der Waals surface area contributed by atoms with Crippen molar-refractivity contribution >= 4 is 0 Å². The molecule has 3 atom stereocenters. The topological polar surface area (TPSA) is 21.3 Å². The molecule has 2 heteroatoms. The van der Waals surface area contributed by atoms with Gasteiger partial charge in [-0.1, -0.05) is 44.6 Å². The third-order valence-electron chi connectivity index (χ3n) is 3.92. The van der Waals surface area contributed by atoms with Crippen molar-refractivity contribution in [3.8, 4) is 0 Å². The Kier molecular flexibility index (Phi) is 3.74. The molecule has 3 unspecified atom stereocenters. The molecule has 2 rings (SSSR count). The quantitative estimate of drug-likeness (QED) is 0.811. The zero-order valence-corrected chi connectivity index (χ0v) is 11.5. The number of allylic oxidation sites excluding steroid dienone is 3. The fourth-order valence-corrected chi connectivity index (χ4v) is 3.04. The minimum atomic E-state index is 0.107. The molecule has 2 nitrogen and oxygen atoms in total. The summed E-state index contributed by atoms with van der Waals surface area (Å²) >= 11 is 0. The van der Waals surface area contributed by atoms with Crippen molar-refractivity contribution in [2.24, 2.45) is 17.8 Å². The first-order chi connectivity index (χ1) is 8.01. The molecule has 1 fully saturated rings. The van der Waals surface area contributed by atoms with E-state index in [9.17, 15) is 0 Å². The van der Waals surface area contributed by atoms with Crippen LogP contribution in [0.15, 0.2) is 23.8 Å². The SMILES string of the molecule is CC(C)CC1=CC(C)C(C2(C)COCN2)C=C1. The van der Waals surface area contributed by atoms with Crippen LogP contribution in [0.1, 0.15) is 34.1 Å². The van der Waals surface area contributed by atoms with Gasteiger partial charge < -0.3 is 4.74 Å². The van der Waals surface area contributed by atoms with Crippen LogP contribution in [0.5, 0.6) is 0 Å². The molecule has 0 bridgehead atoms. The number of nitrogens with one attached hydrogen (secondary N) is 1. The second-order valence-electron chi connectivity index (χ2n) is 6.17. The highest BCUT2D eigenvalue weighted by atomic mass is 16.5. The normalized spacial score (nSPS) is 37.6. The molecule has 0 aromatic heterocycles. The second-order valence-corrected chi connectivity index (χ2v) is 6.17. The van der Waals surface area contributed by atoms with Crippen molar-refractivity contribution in [3.63, 3.8) is 0 Å². The van der Waals surface area contributed by atoms with E-state index in [1.807, 2.05) is 0 Å².